The maximum absolute atomic E-state index is 13.0. The van der Waals surface area contributed by atoms with E-state index in [-0.39, 0.29) is 39.2 Å². The van der Waals surface area contributed by atoms with Gasteiger partial charge in [-0.1, -0.05) is 42.3 Å². The Bertz CT molecular complexity index is 1460. The number of nitrogens with one attached hydrogen (secondary N) is 1. The molecule has 3 aromatic rings. The third kappa shape index (κ3) is 7.13. The molecule has 8 nitrogen and oxygen atoms in total. The number of nitrogens with zero attached hydrogens (tertiary/aromatic N) is 1. The van der Waals surface area contributed by atoms with Gasteiger partial charge in [-0.3, -0.25) is 9.52 Å². The molecule has 0 fully saturated rings. The summed E-state index contributed by atoms with van der Waals surface area (Å²) in [5.74, 6) is -0.0266. The van der Waals surface area contributed by atoms with Gasteiger partial charge in [0.05, 0.1) is 26.9 Å². The monoisotopic (exact) mass is 570 g/mol. The summed E-state index contributed by atoms with van der Waals surface area (Å²) in [4.78, 5) is 14.1. The first-order chi connectivity index (χ1) is 16.9. The minimum absolute atomic E-state index is 0.00555. The van der Waals surface area contributed by atoms with Gasteiger partial charge in [0, 0.05) is 24.4 Å². The number of rotatable bonds is 10. The van der Waals surface area contributed by atoms with Crippen LogP contribution in [0.15, 0.2) is 71.6 Å². The van der Waals surface area contributed by atoms with Crippen molar-refractivity contribution in [3.05, 3.63) is 82.3 Å². The molecule has 0 aliphatic rings. The molecule has 12 heteroatoms. The van der Waals surface area contributed by atoms with Gasteiger partial charge in [0.15, 0.2) is 9.84 Å². The van der Waals surface area contributed by atoms with Crippen molar-refractivity contribution < 1.29 is 26.4 Å². The van der Waals surface area contributed by atoms with E-state index in [1.807, 2.05) is 0 Å². The molecule has 0 radical (unpaired) electrons. The van der Waals surface area contributed by atoms with Gasteiger partial charge in [-0.15, -0.1) is 0 Å². The molecular formula is C24H24Cl2N2O6S2. The lowest BCUT2D eigenvalue weighted by Gasteiger charge is -2.20. The quantitative estimate of drug-likeness (QED) is 0.363. The minimum Gasteiger partial charge on any atom is -0.456 e. The summed E-state index contributed by atoms with van der Waals surface area (Å²) in [6.45, 7) is 1.47. The smallest absolute Gasteiger partial charge is 0.261 e. The average Bonchev–Trinajstić information content (AvgIpc) is 2.85. The van der Waals surface area contributed by atoms with Crippen LogP contribution in [0.3, 0.4) is 0 Å². The first-order valence-corrected chi connectivity index (χ1v) is 14.8. The third-order valence-electron chi connectivity index (χ3n) is 5.18. The molecule has 0 heterocycles. The molecule has 0 aliphatic carbocycles. The van der Waals surface area contributed by atoms with Crippen LogP contribution in [0.25, 0.3) is 0 Å². The molecule has 0 saturated heterocycles. The van der Waals surface area contributed by atoms with Crippen molar-refractivity contribution in [2.24, 2.45) is 0 Å². The van der Waals surface area contributed by atoms with Crippen LogP contribution in [0.1, 0.15) is 17.3 Å². The number of para-hydroxylation sites is 1. The lowest BCUT2D eigenvalue weighted by Crippen LogP contribution is -2.32. The number of halogens is 2. The van der Waals surface area contributed by atoms with Gasteiger partial charge in [-0.2, -0.15) is 0 Å². The van der Waals surface area contributed by atoms with E-state index in [2.05, 4.69) is 4.72 Å². The number of amides is 1. The fourth-order valence-corrected chi connectivity index (χ4v) is 5.32. The third-order valence-corrected chi connectivity index (χ3v) is 8.79. The first kappa shape index (κ1) is 27.8. The number of hydrogen-bond donors (Lipinski definition) is 1. The van der Waals surface area contributed by atoms with Crippen LogP contribution in [0, 0.1) is 0 Å². The Labute approximate surface area is 220 Å². The number of carbonyl (C=O) groups is 1. The summed E-state index contributed by atoms with van der Waals surface area (Å²) in [5.41, 5.74) is -0.00728. The van der Waals surface area contributed by atoms with Crippen molar-refractivity contribution in [2.45, 2.75) is 11.8 Å². The lowest BCUT2D eigenvalue weighted by atomic mass is 10.1. The Morgan fingerprint density at radius 2 is 1.64 bits per heavy atom. The van der Waals surface area contributed by atoms with Crippen LogP contribution in [0.5, 0.6) is 11.5 Å². The van der Waals surface area contributed by atoms with E-state index in [1.165, 1.54) is 61.3 Å². The molecule has 1 amide bonds. The number of benzene rings is 3. The van der Waals surface area contributed by atoms with Crippen LogP contribution in [-0.4, -0.2) is 52.7 Å². The highest BCUT2D eigenvalue weighted by Crippen LogP contribution is 2.30. The van der Waals surface area contributed by atoms with Crippen LogP contribution >= 0.6 is 23.2 Å². The molecule has 0 atom stereocenters. The first-order valence-electron chi connectivity index (χ1n) is 10.7. The van der Waals surface area contributed by atoms with Crippen molar-refractivity contribution in [1.29, 1.82) is 0 Å². The summed E-state index contributed by atoms with van der Waals surface area (Å²) >= 11 is 12.1. The molecule has 0 spiro atoms. The second-order valence-corrected chi connectivity index (χ2v) is 12.8. The molecule has 0 saturated carbocycles. The highest BCUT2D eigenvalue weighted by Gasteiger charge is 2.22. The Balaban J connectivity index is 1.80. The van der Waals surface area contributed by atoms with Crippen LogP contribution in [-0.2, 0) is 19.9 Å². The highest BCUT2D eigenvalue weighted by atomic mass is 35.5. The Morgan fingerprint density at radius 3 is 2.28 bits per heavy atom. The van der Waals surface area contributed by atoms with Crippen molar-refractivity contribution in [3.63, 3.8) is 0 Å². The zero-order valence-corrected chi connectivity index (χ0v) is 22.6. The summed E-state index contributed by atoms with van der Waals surface area (Å²) in [6, 6.07) is 16.7. The predicted molar refractivity (Wildman–Crippen MR) is 142 cm³/mol. The molecule has 0 bridgehead atoms. The van der Waals surface area contributed by atoms with E-state index >= 15 is 0 Å². The Kier molecular flexibility index (Phi) is 8.89. The molecule has 192 valence electrons. The van der Waals surface area contributed by atoms with E-state index in [1.54, 1.807) is 24.3 Å². The van der Waals surface area contributed by atoms with Crippen molar-refractivity contribution in [2.75, 3.05) is 29.8 Å². The zero-order valence-electron chi connectivity index (χ0n) is 19.4. The maximum atomic E-state index is 13.0. The Morgan fingerprint density at radius 1 is 0.972 bits per heavy atom. The maximum Gasteiger partial charge on any atom is 0.261 e. The fourth-order valence-electron chi connectivity index (χ4n) is 3.05. The van der Waals surface area contributed by atoms with Crippen LogP contribution in [0.2, 0.25) is 10.0 Å². The van der Waals surface area contributed by atoms with Gasteiger partial charge < -0.3 is 9.64 Å². The molecule has 36 heavy (non-hydrogen) atoms. The van der Waals surface area contributed by atoms with Gasteiger partial charge in [0.1, 0.15) is 11.5 Å². The van der Waals surface area contributed by atoms with Crippen molar-refractivity contribution >= 4 is 54.7 Å². The molecule has 0 unspecified atom stereocenters. The molecular weight excluding hydrogens is 547 g/mol. The number of sulfone groups is 1. The number of sulfonamides is 1. The van der Waals surface area contributed by atoms with E-state index in [0.717, 1.165) is 0 Å². The zero-order chi connectivity index (χ0) is 26.5. The van der Waals surface area contributed by atoms with Crippen molar-refractivity contribution in [1.82, 2.24) is 4.90 Å². The predicted octanol–water partition coefficient (Wildman–Crippen LogP) is 5.09. The topological polar surface area (TPSA) is 110 Å². The fraction of sp³-hybridized carbons (Fsp3) is 0.208. The van der Waals surface area contributed by atoms with Crippen LogP contribution < -0.4 is 9.46 Å². The van der Waals surface area contributed by atoms with Gasteiger partial charge in [-0.05, 0) is 54.6 Å². The molecule has 0 aromatic heterocycles. The summed E-state index contributed by atoms with van der Waals surface area (Å²) in [5, 5.41) is 0.630. The van der Waals surface area contributed by atoms with E-state index in [0.29, 0.717) is 16.5 Å². The summed E-state index contributed by atoms with van der Waals surface area (Å²) in [6.07, 6.45) is 0. The number of anilines is 1. The number of carbonyl (C=O) groups excluding carboxylic acids is 1. The largest absolute Gasteiger partial charge is 0.456 e. The Hall–Kier alpha value is -2.79. The standard InChI is InChI=1S/C24H24Cl2N2O6S2/c1-3-35(30,31)15-14-28(2)24(29)20-16-17(25)8-13-22(20)27-36(32,33)19-11-9-18(10-12-19)34-23-7-5-4-6-21(23)26/h4-13,16,27H,3,14-15H2,1-2H3. The van der Waals surface area contributed by atoms with Crippen molar-refractivity contribution in [3.8, 4) is 11.5 Å². The molecule has 3 aromatic carbocycles. The van der Waals surface area contributed by atoms with Crippen LogP contribution in [0.4, 0.5) is 5.69 Å². The van der Waals surface area contributed by atoms with E-state index in [4.69, 9.17) is 27.9 Å². The molecule has 3 rings (SSSR count). The average molecular weight is 572 g/mol. The number of hydrogen-bond acceptors (Lipinski definition) is 6. The summed E-state index contributed by atoms with van der Waals surface area (Å²) < 4.78 is 57.8. The van der Waals surface area contributed by atoms with Gasteiger partial charge in [0.2, 0.25) is 0 Å². The van der Waals surface area contributed by atoms with E-state index < -0.39 is 25.8 Å². The second-order valence-electron chi connectivity index (χ2n) is 7.76. The van der Waals surface area contributed by atoms with Gasteiger partial charge in [-0.25, -0.2) is 16.8 Å². The molecule has 1 N–H and O–H groups in total. The van der Waals surface area contributed by atoms with Gasteiger partial charge >= 0.3 is 0 Å². The minimum atomic E-state index is -4.09. The SMILES string of the molecule is CCS(=O)(=O)CCN(C)C(=O)c1cc(Cl)ccc1NS(=O)(=O)c1ccc(Oc2ccccc2Cl)cc1. The second kappa shape index (κ2) is 11.5. The van der Waals surface area contributed by atoms with E-state index in [9.17, 15) is 21.6 Å². The summed E-state index contributed by atoms with van der Waals surface area (Å²) in [7, 11) is -5.94. The van der Waals surface area contributed by atoms with Gasteiger partial charge in [0.25, 0.3) is 15.9 Å². The molecule has 0 aliphatic heterocycles. The number of ether oxygens (including phenoxy) is 1. The normalized spacial score (nSPS) is 11.7. The lowest BCUT2D eigenvalue weighted by molar-refractivity contribution is 0.0804. The highest BCUT2D eigenvalue weighted by molar-refractivity contribution is 7.92.